The summed E-state index contributed by atoms with van der Waals surface area (Å²) in [7, 11) is 0. The number of benzene rings is 2. The van der Waals surface area contributed by atoms with Gasteiger partial charge < -0.3 is 11.1 Å². The Morgan fingerprint density at radius 3 is 2.53 bits per heavy atom. The van der Waals surface area contributed by atoms with E-state index in [1.165, 1.54) is 0 Å². The Bertz CT molecular complexity index is 643. The molecule has 0 radical (unpaired) electrons. The minimum atomic E-state index is 0.368. The second-order valence-corrected chi connectivity index (χ2v) is 6.26. The first-order valence-corrected chi connectivity index (χ1v) is 7.46. The molecule has 98 valence electrons. The molecule has 0 amide bonds. The zero-order chi connectivity index (χ0) is 14.0. The van der Waals surface area contributed by atoms with E-state index in [1.807, 2.05) is 43.3 Å². The average molecular weight is 403 g/mol. The highest BCUT2D eigenvalue weighted by molar-refractivity contribution is 14.1. The van der Waals surface area contributed by atoms with E-state index in [-0.39, 0.29) is 0 Å². The molecule has 2 aromatic rings. The van der Waals surface area contributed by atoms with E-state index in [9.17, 15) is 0 Å². The number of thiocarbonyl (C=S) groups is 1. The molecular formula is C14H12ClIN2S. The van der Waals surface area contributed by atoms with Crippen LogP contribution < -0.4 is 11.1 Å². The van der Waals surface area contributed by atoms with Gasteiger partial charge in [-0.15, -0.1) is 0 Å². The zero-order valence-corrected chi connectivity index (χ0v) is 13.9. The molecule has 0 aliphatic carbocycles. The quantitative estimate of drug-likeness (QED) is 0.581. The molecule has 0 aromatic heterocycles. The van der Waals surface area contributed by atoms with Crippen LogP contribution in [0.5, 0.6) is 0 Å². The van der Waals surface area contributed by atoms with Crippen molar-refractivity contribution in [2.45, 2.75) is 6.92 Å². The summed E-state index contributed by atoms with van der Waals surface area (Å²) >= 11 is 13.5. The Kier molecular flexibility index (Phi) is 4.65. The van der Waals surface area contributed by atoms with E-state index in [0.717, 1.165) is 26.1 Å². The maximum absolute atomic E-state index is 6.21. The third-order valence-corrected chi connectivity index (χ3v) is 3.84. The Balaban J connectivity index is 2.40. The van der Waals surface area contributed by atoms with E-state index in [1.54, 1.807) is 0 Å². The summed E-state index contributed by atoms with van der Waals surface area (Å²) in [4.78, 5) is 0.368. The molecule has 0 spiro atoms. The number of nitrogens with two attached hydrogens (primary N) is 1. The monoisotopic (exact) mass is 402 g/mol. The lowest BCUT2D eigenvalue weighted by atomic mass is 10.1. The zero-order valence-electron chi connectivity index (χ0n) is 10.2. The molecule has 5 heteroatoms. The molecule has 2 rings (SSSR count). The van der Waals surface area contributed by atoms with Crippen LogP contribution in [0.3, 0.4) is 0 Å². The lowest BCUT2D eigenvalue weighted by Crippen LogP contribution is -2.12. The standard InChI is InChI=1S/C14H12ClIN2S/c1-8-2-4-12(10(6-8)14(17)19)18-13-5-3-9(16)7-11(13)15/h2-7,18H,1H3,(H2,17,19). The van der Waals surface area contributed by atoms with Gasteiger partial charge in [-0.3, -0.25) is 0 Å². The van der Waals surface area contributed by atoms with Gasteiger partial charge in [0.25, 0.3) is 0 Å². The van der Waals surface area contributed by atoms with Crippen LogP contribution in [0.2, 0.25) is 5.02 Å². The molecule has 0 bridgehead atoms. The molecule has 2 nitrogen and oxygen atoms in total. The van der Waals surface area contributed by atoms with Crippen LogP contribution in [0.25, 0.3) is 0 Å². The van der Waals surface area contributed by atoms with Crippen molar-refractivity contribution in [1.82, 2.24) is 0 Å². The molecule has 0 saturated heterocycles. The van der Waals surface area contributed by atoms with Crippen LogP contribution in [0.15, 0.2) is 36.4 Å². The molecule has 2 aromatic carbocycles. The predicted molar refractivity (Wildman–Crippen MR) is 94.5 cm³/mol. The van der Waals surface area contributed by atoms with Crippen LogP contribution in [-0.2, 0) is 0 Å². The molecule has 0 atom stereocenters. The number of hydrogen-bond donors (Lipinski definition) is 2. The third-order valence-electron chi connectivity index (χ3n) is 2.64. The summed E-state index contributed by atoms with van der Waals surface area (Å²) in [6, 6.07) is 11.8. The number of aryl methyl sites for hydroxylation is 1. The predicted octanol–water partition coefficient (Wildman–Crippen LogP) is 4.63. The first-order valence-electron chi connectivity index (χ1n) is 5.60. The van der Waals surface area contributed by atoms with Crippen molar-refractivity contribution in [3.05, 3.63) is 56.1 Å². The molecule has 0 heterocycles. The topological polar surface area (TPSA) is 38.0 Å². The largest absolute Gasteiger partial charge is 0.389 e. The maximum atomic E-state index is 6.21. The Hall–Kier alpha value is -0.850. The van der Waals surface area contributed by atoms with E-state index in [2.05, 4.69) is 27.9 Å². The minimum absolute atomic E-state index is 0.368. The van der Waals surface area contributed by atoms with Gasteiger partial charge in [-0.1, -0.05) is 35.4 Å². The highest BCUT2D eigenvalue weighted by Gasteiger charge is 2.08. The van der Waals surface area contributed by atoms with E-state index in [4.69, 9.17) is 29.6 Å². The van der Waals surface area contributed by atoms with Gasteiger partial charge in [0.15, 0.2) is 0 Å². The van der Waals surface area contributed by atoms with Crippen molar-refractivity contribution < 1.29 is 0 Å². The van der Waals surface area contributed by atoms with Gasteiger partial charge >= 0.3 is 0 Å². The molecule has 0 aliphatic rings. The van der Waals surface area contributed by atoms with Crippen molar-refractivity contribution >= 4 is 62.8 Å². The minimum Gasteiger partial charge on any atom is -0.389 e. The fraction of sp³-hybridized carbons (Fsp3) is 0.0714. The fourth-order valence-corrected chi connectivity index (χ4v) is 2.78. The molecular weight excluding hydrogens is 391 g/mol. The number of halogens is 2. The molecule has 19 heavy (non-hydrogen) atoms. The van der Waals surface area contributed by atoms with Crippen LogP contribution in [0.1, 0.15) is 11.1 Å². The fourth-order valence-electron chi connectivity index (χ4n) is 1.71. The van der Waals surface area contributed by atoms with E-state index < -0.39 is 0 Å². The van der Waals surface area contributed by atoms with Gasteiger partial charge in [0.05, 0.1) is 10.7 Å². The van der Waals surface area contributed by atoms with Gasteiger partial charge in [0.1, 0.15) is 4.99 Å². The molecule has 0 unspecified atom stereocenters. The smallest absolute Gasteiger partial charge is 0.106 e. The van der Waals surface area contributed by atoms with Gasteiger partial charge in [0.2, 0.25) is 0 Å². The lowest BCUT2D eigenvalue weighted by molar-refractivity contribution is 1.43. The lowest BCUT2D eigenvalue weighted by Gasteiger charge is -2.13. The molecule has 0 saturated carbocycles. The summed E-state index contributed by atoms with van der Waals surface area (Å²) in [5, 5.41) is 3.94. The van der Waals surface area contributed by atoms with Gasteiger partial charge in [-0.05, 0) is 59.8 Å². The van der Waals surface area contributed by atoms with Crippen LogP contribution in [0.4, 0.5) is 11.4 Å². The van der Waals surface area contributed by atoms with Crippen molar-refractivity contribution in [1.29, 1.82) is 0 Å². The van der Waals surface area contributed by atoms with Gasteiger partial charge in [0, 0.05) is 14.8 Å². The van der Waals surface area contributed by atoms with Crippen molar-refractivity contribution in [3.63, 3.8) is 0 Å². The van der Waals surface area contributed by atoms with Crippen molar-refractivity contribution in [3.8, 4) is 0 Å². The number of rotatable bonds is 3. The normalized spacial score (nSPS) is 10.3. The van der Waals surface area contributed by atoms with Crippen LogP contribution in [0, 0.1) is 10.5 Å². The molecule has 0 fully saturated rings. The van der Waals surface area contributed by atoms with Crippen LogP contribution in [-0.4, -0.2) is 4.99 Å². The highest BCUT2D eigenvalue weighted by Crippen LogP contribution is 2.29. The van der Waals surface area contributed by atoms with Gasteiger partial charge in [-0.25, -0.2) is 0 Å². The van der Waals surface area contributed by atoms with E-state index in [0.29, 0.717) is 10.0 Å². The first kappa shape index (κ1) is 14.6. The number of nitrogens with one attached hydrogen (secondary N) is 1. The Morgan fingerprint density at radius 1 is 1.21 bits per heavy atom. The third kappa shape index (κ3) is 3.58. The summed E-state index contributed by atoms with van der Waals surface area (Å²) in [5.74, 6) is 0. The highest BCUT2D eigenvalue weighted by atomic mass is 127. The Morgan fingerprint density at radius 2 is 1.89 bits per heavy atom. The molecule has 3 N–H and O–H groups in total. The maximum Gasteiger partial charge on any atom is 0.106 e. The summed E-state index contributed by atoms with van der Waals surface area (Å²) in [6.45, 7) is 2.00. The van der Waals surface area contributed by atoms with Crippen LogP contribution >= 0.6 is 46.4 Å². The summed E-state index contributed by atoms with van der Waals surface area (Å²) in [6.07, 6.45) is 0. The van der Waals surface area contributed by atoms with E-state index >= 15 is 0 Å². The average Bonchev–Trinajstić information content (AvgIpc) is 2.34. The number of hydrogen-bond acceptors (Lipinski definition) is 2. The second kappa shape index (κ2) is 6.07. The summed E-state index contributed by atoms with van der Waals surface area (Å²) < 4.78 is 1.09. The molecule has 0 aliphatic heterocycles. The first-order chi connectivity index (χ1) is 8.97. The SMILES string of the molecule is Cc1ccc(Nc2ccc(I)cc2Cl)c(C(N)=S)c1. The number of anilines is 2. The second-order valence-electron chi connectivity index (χ2n) is 4.16. The summed E-state index contributed by atoms with van der Waals surface area (Å²) in [5.41, 5.74) is 9.39. The Labute approximate surface area is 136 Å². The van der Waals surface area contributed by atoms with Gasteiger partial charge in [-0.2, -0.15) is 0 Å². The van der Waals surface area contributed by atoms with Crippen molar-refractivity contribution in [2.24, 2.45) is 5.73 Å². The van der Waals surface area contributed by atoms with Crippen molar-refractivity contribution in [2.75, 3.05) is 5.32 Å².